The number of hydrogen-bond donors (Lipinski definition) is 0. The van der Waals surface area contributed by atoms with Gasteiger partial charge in [-0.25, -0.2) is 0 Å². The van der Waals surface area contributed by atoms with Gasteiger partial charge < -0.3 is 9.13 Å². The number of imidazole rings is 1. The average molecular weight is 681 g/mol. The Kier molecular flexibility index (Phi) is 6.52. The zero-order valence-electron chi connectivity index (χ0n) is 21.7. The Balaban J connectivity index is 0.00000277. The zero-order chi connectivity index (χ0) is 25.6. The molecule has 2 heterocycles. The van der Waals surface area contributed by atoms with E-state index in [2.05, 4.69) is 125 Å². The van der Waals surface area contributed by atoms with Gasteiger partial charge in [-0.15, -0.1) is 35.9 Å². The maximum Gasteiger partial charge on any atom is 0.0602 e. The molecule has 0 fully saturated rings. The number of rotatable bonds is 4. The van der Waals surface area contributed by atoms with E-state index < -0.39 is 0 Å². The molecular weight excluding hydrogens is 655 g/mol. The summed E-state index contributed by atoms with van der Waals surface area (Å²) in [5, 5.41) is 2.53. The van der Waals surface area contributed by atoms with E-state index in [0.717, 1.165) is 11.4 Å². The van der Waals surface area contributed by atoms with Crippen LogP contribution in [0.5, 0.6) is 0 Å². The molecule has 0 aliphatic carbocycles. The Morgan fingerprint density at radius 2 is 1.38 bits per heavy atom. The molecule has 39 heavy (non-hydrogen) atoms. The fourth-order valence-electron chi connectivity index (χ4n) is 5.73. The second-order valence-electron chi connectivity index (χ2n) is 9.78. The fraction of sp³-hybridized carbons (Fsp3) is 0.0571. The van der Waals surface area contributed by atoms with Crippen LogP contribution in [-0.2, 0) is 20.1 Å². The van der Waals surface area contributed by atoms with Crippen LogP contribution in [-0.4, -0.2) is 14.1 Å². The second-order valence-corrected chi connectivity index (χ2v) is 9.78. The number of nitrogens with zero attached hydrogens (tertiary/aromatic N) is 3. The van der Waals surface area contributed by atoms with Crippen LogP contribution < -0.4 is 0 Å². The second kappa shape index (κ2) is 10.1. The molecule has 0 spiro atoms. The Morgan fingerprint density at radius 1 is 0.667 bits per heavy atom. The fourth-order valence-corrected chi connectivity index (χ4v) is 5.73. The summed E-state index contributed by atoms with van der Waals surface area (Å²) in [6, 6.07) is 42.0. The number of benzene rings is 5. The van der Waals surface area contributed by atoms with Gasteiger partial charge in [-0.1, -0.05) is 42.5 Å². The van der Waals surface area contributed by atoms with Crippen molar-refractivity contribution in [1.29, 1.82) is 0 Å². The van der Waals surface area contributed by atoms with Crippen molar-refractivity contribution < 1.29 is 20.1 Å². The van der Waals surface area contributed by atoms with Gasteiger partial charge in [-0.3, -0.25) is 4.98 Å². The van der Waals surface area contributed by atoms with E-state index in [0.29, 0.717) is 0 Å². The number of aromatic nitrogens is 3. The molecule has 0 atom stereocenters. The van der Waals surface area contributed by atoms with Crippen LogP contribution in [0.1, 0.15) is 11.1 Å². The van der Waals surface area contributed by atoms with Crippen molar-refractivity contribution in [3.63, 3.8) is 0 Å². The Hall–Kier alpha value is -4.24. The molecule has 2 aromatic heterocycles. The molecular formula is C35H26IrN3-. The molecule has 0 amide bonds. The van der Waals surface area contributed by atoms with Crippen molar-refractivity contribution in [2.45, 2.75) is 13.8 Å². The molecule has 7 aromatic rings. The number of aryl methyl sites for hydroxylation is 2. The minimum atomic E-state index is 0. The summed E-state index contributed by atoms with van der Waals surface area (Å²) in [6.07, 6.45) is 3.90. The largest absolute Gasteiger partial charge is 0.340 e. The third kappa shape index (κ3) is 4.23. The number of hydrogen-bond acceptors (Lipinski definition) is 1. The van der Waals surface area contributed by atoms with Crippen LogP contribution in [0.15, 0.2) is 122 Å². The first kappa shape index (κ1) is 25.1. The minimum Gasteiger partial charge on any atom is -0.340 e. The third-order valence-corrected chi connectivity index (χ3v) is 7.34. The van der Waals surface area contributed by atoms with Gasteiger partial charge in [-0.05, 0) is 78.6 Å². The summed E-state index contributed by atoms with van der Waals surface area (Å²) in [4.78, 5) is 4.65. The quantitative estimate of drug-likeness (QED) is 0.171. The molecule has 0 saturated carbocycles. The standard InChI is InChI=1S/C35H26N3.Ir/c1-24-21-28(22-25(2)34(24)37-20-19-36-35(37)26-11-5-3-6-12-26)27-17-18-33-31(23-27)30-15-9-10-16-32(30)38(33)29-13-7-4-8-14-29;/h3-11,13-23H,1-2H3;/q-1;. The van der Waals surface area contributed by atoms with Crippen molar-refractivity contribution in [3.8, 4) is 33.9 Å². The summed E-state index contributed by atoms with van der Waals surface area (Å²) < 4.78 is 4.53. The molecule has 4 heteroatoms. The smallest absolute Gasteiger partial charge is 0.0602 e. The summed E-state index contributed by atoms with van der Waals surface area (Å²) in [6.45, 7) is 4.37. The minimum absolute atomic E-state index is 0. The molecule has 1 radical (unpaired) electrons. The Bertz CT molecular complexity index is 1910. The third-order valence-electron chi connectivity index (χ3n) is 7.34. The summed E-state index contributed by atoms with van der Waals surface area (Å²) in [7, 11) is 0. The van der Waals surface area contributed by atoms with Gasteiger partial charge in [0.05, 0.1) is 16.9 Å². The molecule has 3 nitrogen and oxygen atoms in total. The van der Waals surface area contributed by atoms with Crippen molar-refractivity contribution >= 4 is 21.8 Å². The van der Waals surface area contributed by atoms with Crippen molar-refractivity contribution in [3.05, 3.63) is 139 Å². The van der Waals surface area contributed by atoms with Crippen LogP contribution in [0.25, 0.3) is 55.7 Å². The first-order valence-corrected chi connectivity index (χ1v) is 12.9. The van der Waals surface area contributed by atoms with Crippen LogP contribution >= 0.6 is 0 Å². The van der Waals surface area contributed by atoms with E-state index in [1.165, 1.54) is 55.4 Å². The average Bonchev–Trinajstić information content (AvgIpc) is 3.56. The van der Waals surface area contributed by atoms with Gasteiger partial charge in [0.25, 0.3) is 0 Å². The topological polar surface area (TPSA) is 22.8 Å². The van der Waals surface area contributed by atoms with Crippen LogP contribution in [0.3, 0.4) is 0 Å². The van der Waals surface area contributed by atoms with Crippen LogP contribution in [0.4, 0.5) is 0 Å². The molecule has 0 N–H and O–H groups in total. The predicted octanol–water partition coefficient (Wildman–Crippen LogP) is 8.72. The maximum absolute atomic E-state index is 4.65. The van der Waals surface area contributed by atoms with Crippen molar-refractivity contribution in [2.75, 3.05) is 0 Å². The summed E-state index contributed by atoms with van der Waals surface area (Å²) in [5.41, 5.74) is 10.6. The zero-order valence-corrected chi connectivity index (χ0v) is 24.1. The Morgan fingerprint density at radius 3 is 2.15 bits per heavy atom. The number of fused-ring (bicyclic) bond motifs is 3. The number of para-hydroxylation sites is 2. The van der Waals surface area contributed by atoms with Crippen LogP contribution in [0, 0.1) is 19.9 Å². The van der Waals surface area contributed by atoms with Crippen LogP contribution in [0.2, 0.25) is 0 Å². The molecule has 0 aliphatic heterocycles. The molecule has 191 valence electrons. The molecule has 7 rings (SSSR count). The Labute approximate surface area is 241 Å². The first-order chi connectivity index (χ1) is 18.7. The summed E-state index contributed by atoms with van der Waals surface area (Å²) >= 11 is 0. The monoisotopic (exact) mass is 681 g/mol. The van der Waals surface area contributed by atoms with Gasteiger partial charge in [0, 0.05) is 54.6 Å². The van der Waals surface area contributed by atoms with Crippen molar-refractivity contribution in [2.24, 2.45) is 0 Å². The van der Waals surface area contributed by atoms with E-state index in [9.17, 15) is 0 Å². The van der Waals surface area contributed by atoms with E-state index in [4.69, 9.17) is 0 Å². The van der Waals surface area contributed by atoms with Gasteiger partial charge in [-0.2, -0.15) is 0 Å². The summed E-state index contributed by atoms with van der Waals surface area (Å²) in [5.74, 6) is 0.902. The van der Waals surface area contributed by atoms with Gasteiger partial charge >= 0.3 is 0 Å². The molecule has 0 unspecified atom stereocenters. The normalized spacial score (nSPS) is 11.1. The van der Waals surface area contributed by atoms with Gasteiger partial charge in [0.1, 0.15) is 0 Å². The molecule has 0 bridgehead atoms. The SMILES string of the molecule is Cc1cc(-c2ccc3c(c2)c2ccccc2n3-c2ccccc2)cc(C)c1-n1ccnc1-c1[c-]cccc1.[Ir]. The van der Waals surface area contributed by atoms with E-state index in [1.54, 1.807) is 0 Å². The molecule has 0 saturated heterocycles. The van der Waals surface area contributed by atoms with E-state index in [1.807, 2.05) is 30.6 Å². The van der Waals surface area contributed by atoms with E-state index in [-0.39, 0.29) is 20.1 Å². The molecule has 0 aliphatic rings. The van der Waals surface area contributed by atoms with E-state index >= 15 is 0 Å². The molecule has 5 aromatic carbocycles. The van der Waals surface area contributed by atoms with Gasteiger partial charge in [0.2, 0.25) is 0 Å². The van der Waals surface area contributed by atoms with Gasteiger partial charge in [0.15, 0.2) is 0 Å². The maximum atomic E-state index is 4.65. The predicted molar refractivity (Wildman–Crippen MR) is 157 cm³/mol. The first-order valence-electron chi connectivity index (χ1n) is 12.9. The van der Waals surface area contributed by atoms with Crippen molar-refractivity contribution in [1.82, 2.24) is 14.1 Å².